The molecule has 2 fully saturated rings. The van der Waals surface area contributed by atoms with Crippen molar-refractivity contribution in [3.63, 3.8) is 0 Å². The second-order valence-electron chi connectivity index (χ2n) is 5.87. The van der Waals surface area contributed by atoms with Crippen LogP contribution in [0.2, 0.25) is 0 Å². The molecule has 25 heavy (non-hydrogen) atoms. The third-order valence-corrected chi connectivity index (χ3v) is 5.08. The fourth-order valence-electron chi connectivity index (χ4n) is 2.81. The predicted octanol–water partition coefficient (Wildman–Crippen LogP) is 2.60. The first-order valence-corrected chi connectivity index (χ1v) is 9.18. The van der Waals surface area contributed by atoms with Crippen molar-refractivity contribution in [2.45, 2.75) is 6.42 Å². The molecule has 6 nitrogen and oxygen atoms in total. The first-order chi connectivity index (χ1) is 12.2. The Bertz CT molecular complexity index is 654. The number of rotatable bonds is 6. The monoisotopic (exact) mass is 362 g/mol. The van der Waals surface area contributed by atoms with Crippen LogP contribution in [0.5, 0.6) is 0 Å². The molecule has 2 saturated heterocycles. The van der Waals surface area contributed by atoms with E-state index >= 15 is 0 Å². The average molecular weight is 362 g/mol. The molecule has 7 heteroatoms. The molecule has 0 N–H and O–H groups in total. The van der Waals surface area contributed by atoms with Gasteiger partial charge in [0.2, 0.25) is 0 Å². The fourth-order valence-corrected chi connectivity index (χ4v) is 3.68. The number of amides is 2. The molecule has 0 spiro atoms. The lowest BCUT2D eigenvalue weighted by molar-refractivity contribution is -0.122. The number of anilines is 1. The number of methoxy groups -OCH3 is 1. The van der Waals surface area contributed by atoms with Gasteiger partial charge in [0.05, 0.1) is 18.1 Å². The molecule has 134 valence electrons. The summed E-state index contributed by atoms with van der Waals surface area (Å²) in [5.74, 6) is -0.219. The van der Waals surface area contributed by atoms with Gasteiger partial charge in [-0.05, 0) is 42.0 Å². The van der Waals surface area contributed by atoms with Gasteiger partial charge in [-0.1, -0.05) is 12.1 Å². The van der Waals surface area contributed by atoms with E-state index in [1.165, 1.54) is 4.90 Å². The minimum absolute atomic E-state index is 0.211. The summed E-state index contributed by atoms with van der Waals surface area (Å²) < 4.78 is 10.3. The van der Waals surface area contributed by atoms with Crippen molar-refractivity contribution in [3.8, 4) is 0 Å². The van der Waals surface area contributed by atoms with Crippen LogP contribution >= 0.6 is 11.8 Å². The Morgan fingerprint density at radius 3 is 2.60 bits per heavy atom. The highest BCUT2D eigenvalue weighted by Crippen LogP contribution is 2.32. The second-order valence-corrected chi connectivity index (χ2v) is 6.86. The van der Waals surface area contributed by atoms with Gasteiger partial charge in [0.1, 0.15) is 0 Å². The number of morpholine rings is 1. The predicted molar refractivity (Wildman–Crippen MR) is 98.6 cm³/mol. The standard InChI is InChI=1S/C18H22N2O4S/c1-23-10-2-7-20-17(21)16(25-18(20)22)13-14-3-5-15(6-4-14)19-8-11-24-12-9-19/h3-6,13H,2,7-12H2,1H3/b16-13+. The number of ether oxygens (including phenoxy) is 2. The molecule has 2 heterocycles. The van der Waals surface area contributed by atoms with Gasteiger partial charge in [0.15, 0.2) is 0 Å². The normalized spacial score (nSPS) is 20.0. The molecule has 0 saturated carbocycles. The summed E-state index contributed by atoms with van der Waals surface area (Å²) in [4.78, 5) is 28.4. The van der Waals surface area contributed by atoms with E-state index in [-0.39, 0.29) is 11.1 Å². The summed E-state index contributed by atoms with van der Waals surface area (Å²) in [5.41, 5.74) is 2.06. The van der Waals surface area contributed by atoms with Crippen LogP contribution in [0.15, 0.2) is 29.2 Å². The smallest absolute Gasteiger partial charge is 0.293 e. The van der Waals surface area contributed by atoms with Crippen LogP contribution in [0.1, 0.15) is 12.0 Å². The fraction of sp³-hybridized carbons (Fsp3) is 0.444. The molecular weight excluding hydrogens is 340 g/mol. The van der Waals surface area contributed by atoms with Crippen LogP contribution in [-0.4, -0.2) is 62.6 Å². The number of carbonyl (C=O) groups excluding carboxylic acids is 2. The Hall–Kier alpha value is -1.83. The SMILES string of the molecule is COCCCN1C(=O)S/C(=C/c2ccc(N3CCOCC3)cc2)C1=O. The molecule has 1 aromatic rings. The highest BCUT2D eigenvalue weighted by molar-refractivity contribution is 8.18. The summed E-state index contributed by atoms with van der Waals surface area (Å²) in [5, 5.41) is -0.211. The number of thioether (sulfide) groups is 1. The largest absolute Gasteiger partial charge is 0.385 e. The molecule has 2 aliphatic heterocycles. The molecule has 1 aromatic carbocycles. The maximum atomic E-state index is 12.4. The minimum atomic E-state index is -0.219. The molecule has 2 aliphatic rings. The lowest BCUT2D eigenvalue weighted by Crippen LogP contribution is -2.36. The molecule has 2 amide bonds. The zero-order chi connectivity index (χ0) is 17.6. The number of benzene rings is 1. The maximum Gasteiger partial charge on any atom is 0.293 e. The molecule has 0 aromatic heterocycles. The van der Waals surface area contributed by atoms with Crippen molar-refractivity contribution >= 4 is 34.7 Å². The van der Waals surface area contributed by atoms with E-state index in [0.717, 1.165) is 49.3 Å². The Morgan fingerprint density at radius 1 is 1.20 bits per heavy atom. The third-order valence-electron chi connectivity index (χ3n) is 4.17. The number of nitrogens with zero attached hydrogens (tertiary/aromatic N) is 2. The van der Waals surface area contributed by atoms with Crippen LogP contribution in [0.3, 0.4) is 0 Å². The first-order valence-electron chi connectivity index (χ1n) is 8.36. The van der Waals surface area contributed by atoms with E-state index < -0.39 is 0 Å². The van der Waals surface area contributed by atoms with E-state index in [1.807, 2.05) is 24.3 Å². The summed E-state index contributed by atoms with van der Waals surface area (Å²) in [6.07, 6.45) is 2.43. The molecule has 0 atom stereocenters. The molecule has 0 aliphatic carbocycles. The number of imide groups is 1. The van der Waals surface area contributed by atoms with Gasteiger partial charge in [-0.3, -0.25) is 14.5 Å². The number of carbonyl (C=O) groups is 2. The van der Waals surface area contributed by atoms with Crippen molar-refractivity contribution in [1.82, 2.24) is 4.90 Å². The van der Waals surface area contributed by atoms with Crippen LogP contribution in [0.25, 0.3) is 6.08 Å². The van der Waals surface area contributed by atoms with Gasteiger partial charge in [-0.15, -0.1) is 0 Å². The van der Waals surface area contributed by atoms with E-state index in [4.69, 9.17) is 9.47 Å². The second kappa shape index (κ2) is 8.51. The van der Waals surface area contributed by atoms with Gasteiger partial charge < -0.3 is 14.4 Å². The van der Waals surface area contributed by atoms with Crippen molar-refractivity contribution in [1.29, 1.82) is 0 Å². The Labute approximate surface area is 151 Å². The third kappa shape index (κ3) is 4.42. The van der Waals surface area contributed by atoms with Crippen molar-refractivity contribution in [3.05, 3.63) is 34.7 Å². The topological polar surface area (TPSA) is 59.1 Å². The lowest BCUT2D eigenvalue weighted by atomic mass is 10.1. The maximum absolute atomic E-state index is 12.4. The quantitative estimate of drug-likeness (QED) is 0.573. The lowest BCUT2D eigenvalue weighted by Gasteiger charge is -2.28. The van der Waals surface area contributed by atoms with E-state index in [9.17, 15) is 9.59 Å². The van der Waals surface area contributed by atoms with Gasteiger partial charge in [0.25, 0.3) is 11.1 Å². The van der Waals surface area contributed by atoms with Crippen LogP contribution < -0.4 is 4.90 Å². The first kappa shape index (κ1) is 18.0. The van der Waals surface area contributed by atoms with Crippen molar-refractivity contribution < 1.29 is 19.1 Å². The summed E-state index contributed by atoms with van der Waals surface area (Å²) in [6.45, 7) is 4.20. The highest BCUT2D eigenvalue weighted by Gasteiger charge is 2.34. The molecule has 0 bridgehead atoms. The molecule has 3 rings (SSSR count). The van der Waals surface area contributed by atoms with E-state index in [1.54, 1.807) is 13.2 Å². The summed E-state index contributed by atoms with van der Waals surface area (Å²) >= 11 is 0.998. The molecular formula is C18H22N2O4S. The number of hydrogen-bond acceptors (Lipinski definition) is 6. The number of hydrogen-bond donors (Lipinski definition) is 0. The minimum Gasteiger partial charge on any atom is -0.385 e. The Kier molecular flexibility index (Phi) is 6.12. The summed E-state index contributed by atoms with van der Waals surface area (Å²) in [7, 11) is 1.61. The zero-order valence-corrected chi connectivity index (χ0v) is 15.1. The molecule has 0 radical (unpaired) electrons. The van der Waals surface area contributed by atoms with Crippen LogP contribution in [-0.2, 0) is 14.3 Å². The van der Waals surface area contributed by atoms with Crippen molar-refractivity contribution in [2.75, 3.05) is 51.5 Å². The Morgan fingerprint density at radius 2 is 1.92 bits per heavy atom. The van der Waals surface area contributed by atoms with Gasteiger partial charge in [-0.2, -0.15) is 0 Å². The van der Waals surface area contributed by atoms with Crippen molar-refractivity contribution in [2.24, 2.45) is 0 Å². The molecule has 0 unspecified atom stereocenters. The van der Waals surface area contributed by atoms with E-state index in [2.05, 4.69) is 4.90 Å². The van der Waals surface area contributed by atoms with Crippen LogP contribution in [0.4, 0.5) is 10.5 Å². The van der Waals surface area contributed by atoms with Crippen LogP contribution in [0, 0.1) is 0 Å². The average Bonchev–Trinajstić information content (AvgIpc) is 2.90. The van der Waals surface area contributed by atoms with Gasteiger partial charge in [-0.25, -0.2) is 0 Å². The van der Waals surface area contributed by atoms with Gasteiger partial charge >= 0.3 is 0 Å². The van der Waals surface area contributed by atoms with Gasteiger partial charge in [0, 0.05) is 39.0 Å². The highest BCUT2D eigenvalue weighted by atomic mass is 32.2. The zero-order valence-electron chi connectivity index (χ0n) is 14.3. The summed E-state index contributed by atoms with van der Waals surface area (Å²) in [6, 6.07) is 8.04. The Balaban J connectivity index is 1.66. The van der Waals surface area contributed by atoms with E-state index in [0.29, 0.717) is 24.5 Å².